The minimum absolute atomic E-state index is 0.362. The number of allylic oxidation sites excluding steroid dienone is 1. The molecule has 0 amide bonds. The Bertz CT molecular complexity index is 402. The molecule has 86 valence electrons. The summed E-state index contributed by atoms with van der Waals surface area (Å²) in [5.41, 5.74) is 1.45. The van der Waals surface area contributed by atoms with Gasteiger partial charge >= 0.3 is 5.97 Å². The topological polar surface area (TPSA) is 38.3 Å². The molecule has 0 bridgehead atoms. The van der Waals surface area contributed by atoms with Crippen LogP contribution in [0, 0.1) is 0 Å². The van der Waals surface area contributed by atoms with E-state index in [9.17, 15) is 4.79 Å². The molecule has 0 aliphatic carbocycles. The number of esters is 1. The van der Waals surface area contributed by atoms with Crippen molar-refractivity contribution < 1.29 is 9.53 Å². The second-order valence-electron chi connectivity index (χ2n) is 3.18. The number of ether oxygens (including phenoxy) is 1. The molecule has 1 aromatic carbocycles. The maximum absolute atomic E-state index is 11.2. The summed E-state index contributed by atoms with van der Waals surface area (Å²) >= 11 is 5.96. The van der Waals surface area contributed by atoms with Crippen LogP contribution >= 0.6 is 11.6 Å². The van der Waals surface area contributed by atoms with Gasteiger partial charge in [-0.2, -0.15) is 0 Å². The number of anilines is 1. The first kappa shape index (κ1) is 12.6. The molecular formula is C12H14ClNO2. The van der Waals surface area contributed by atoms with E-state index in [1.54, 1.807) is 19.9 Å². The van der Waals surface area contributed by atoms with Crippen molar-refractivity contribution in [3.63, 3.8) is 0 Å². The zero-order valence-electron chi connectivity index (χ0n) is 9.29. The number of para-hydroxylation sites is 1. The molecule has 3 nitrogen and oxygen atoms in total. The molecule has 0 heterocycles. The fourth-order valence-electron chi connectivity index (χ4n) is 1.17. The Labute approximate surface area is 100 Å². The van der Waals surface area contributed by atoms with Crippen LogP contribution in [0.5, 0.6) is 0 Å². The average molecular weight is 240 g/mol. The van der Waals surface area contributed by atoms with Crippen molar-refractivity contribution in [2.24, 2.45) is 0 Å². The molecule has 0 aliphatic heterocycles. The molecule has 1 rings (SSSR count). The number of carbonyl (C=O) groups is 1. The lowest BCUT2D eigenvalue weighted by Gasteiger charge is -2.07. The third-order valence-corrected chi connectivity index (χ3v) is 2.16. The van der Waals surface area contributed by atoms with Gasteiger partial charge in [0.25, 0.3) is 0 Å². The summed E-state index contributed by atoms with van der Waals surface area (Å²) in [6, 6.07) is 7.33. The molecule has 0 spiro atoms. The van der Waals surface area contributed by atoms with E-state index in [0.29, 0.717) is 17.3 Å². The van der Waals surface area contributed by atoms with Gasteiger partial charge in [0, 0.05) is 11.8 Å². The predicted molar refractivity (Wildman–Crippen MR) is 65.5 cm³/mol. The zero-order valence-corrected chi connectivity index (χ0v) is 10.0. The van der Waals surface area contributed by atoms with E-state index in [0.717, 1.165) is 5.69 Å². The molecule has 4 heteroatoms. The van der Waals surface area contributed by atoms with E-state index in [-0.39, 0.29) is 5.97 Å². The van der Waals surface area contributed by atoms with Gasteiger partial charge in [-0.05, 0) is 26.0 Å². The van der Waals surface area contributed by atoms with Crippen molar-refractivity contribution in [2.45, 2.75) is 13.8 Å². The molecule has 0 unspecified atom stereocenters. The molecule has 16 heavy (non-hydrogen) atoms. The van der Waals surface area contributed by atoms with Crippen molar-refractivity contribution in [3.05, 3.63) is 41.1 Å². The van der Waals surface area contributed by atoms with Crippen LogP contribution in [0.2, 0.25) is 5.02 Å². The molecular weight excluding hydrogens is 226 g/mol. The standard InChI is InChI=1S/C12H14ClNO2/c1-3-16-12(15)8-9(2)14-11-7-5-4-6-10(11)13/h4-8,14H,3H2,1-2H3. The van der Waals surface area contributed by atoms with Crippen molar-refractivity contribution in [1.29, 1.82) is 0 Å². The van der Waals surface area contributed by atoms with Gasteiger partial charge in [0.1, 0.15) is 0 Å². The smallest absolute Gasteiger partial charge is 0.332 e. The van der Waals surface area contributed by atoms with Crippen molar-refractivity contribution in [3.8, 4) is 0 Å². The molecule has 0 saturated heterocycles. The summed E-state index contributed by atoms with van der Waals surface area (Å²) < 4.78 is 4.79. The third kappa shape index (κ3) is 3.95. The van der Waals surface area contributed by atoms with Crippen LogP contribution in [0.4, 0.5) is 5.69 Å². The Hall–Kier alpha value is -1.48. The van der Waals surface area contributed by atoms with E-state index < -0.39 is 0 Å². The van der Waals surface area contributed by atoms with Gasteiger partial charge in [-0.1, -0.05) is 23.7 Å². The molecule has 0 saturated carbocycles. The molecule has 0 aliphatic rings. The summed E-state index contributed by atoms with van der Waals surface area (Å²) in [4.78, 5) is 11.2. The Morgan fingerprint density at radius 3 is 2.81 bits per heavy atom. The predicted octanol–water partition coefficient (Wildman–Crippen LogP) is 3.22. The fraction of sp³-hybridized carbons (Fsp3) is 0.250. The van der Waals surface area contributed by atoms with Crippen LogP contribution < -0.4 is 5.32 Å². The summed E-state index contributed by atoms with van der Waals surface area (Å²) in [6.07, 6.45) is 1.40. The van der Waals surface area contributed by atoms with Crippen LogP contribution in [0.3, 0.4) is 0 Å². The fourth-order valence-corrected chi connectivity index (χ4v) is 1.35. The molecule has 1 aromatic rings. The molecule has 0 fully saturated rings. The monoisotopic (exact) mass is 239 g/mol. The van der Waals surface area contributed by atoms with Gasteiger partial charge < -0.3 is 10.1 Å². The van der Waals surface area contributed by atoms with Crippen molar-refractivity contribution in [1.82, 2.24) is 0 Å². The van der Waals surface area contributed by atoms with Crippen LogP contribution in [0.1, 0.15) is 13.8 Å². The normalized spacial score (nSPS) is 11.1. The first-order valence-corrected chi connectivity index (χ1v) is 5.38. The summed E-state index contributed by atoms with van der Waals surface area (Å²) in [6.45, 7) is 3.91. The van der Waals surface area contributed by atoms with Crippen molar-refractivity contribution >= 4 is 23.3 Å². The lowest BCUT2D eigenvalue weighted by Crippen LogP contribution is -2.04. The second-order valence-corrected chi connectivity index (χ2v) is 3.59. The molecule has 1 N–H and O–H groups in total. The molecule has 0 radical (unpaired) electrons. The van der Waals surface area contributed by atoms with Crippen LogP contribution in [0.15, 0.2) is 36.0 Å². The quantitative estimate of drug-likeness (QED) is 0.648. The highest BCUT2D eigenvalue weighted by molar-refractivity contribution is 6.33. The minimum Gasteiger partial charge on any atom is -0.463 e. The molecule has 0 aromatic heterocycles. The second kappa shape index (κ2) is 6.18. The Morgan fingerprint density at radius 1 is 1.50 bits per heavy atom. The Balaban J connectivity index is 2.67. The van der Waals surface area contributed by atoms with Gasteiger partial charge in [0.2, 0.25) is 0 Å². The van der Waals surface area contributed by atoms with Gasteiger partial charge in [-0.3, -0.25) is 0 Å². The maximum Gasteiger partial charge on any atom is 0.332 e. The van der Waals surface area contributed by atoms with E-state index >= 15 is 0 Å². The summed E-state index contributed by atoms with van der Waals surface area (Å²) in [5.74, 6) is -0.362. The number of hydrogen-bond acceptors (Lipinski definition) is 3. The first-order chi connectivity index (χ1) is 7.63. The van der Waals surface area contributed by atoms with E-state index in [1.807, 2.05) is 18.2 Å². The first-order valence-electron chi connectivity index (χ1n) is 5.00. The third-order valence-electron chi connectivity index (χ3n) is 1.83. The lowest BCUT2D eigenvalue weighted by atomic mass is 10.3. The number of halogens is 1. The Kier molecular flexibility index (Phi) is 4.86. The van der Waals surface area contributed by atoms with Crippen LogP contribution in [-0.4, -0.2) is 12.6 Å². The van der Waals surface area contributed by atoms with Crippen molar-refractivity contribution in [2.75, 3.05) is 11.9 Å². The summed E-state index contributed by atoms with van der Waals surface area (Å²) in [7, 11) is 0. The number of nitrogens with one attached hydrogen (secondary N) is 1. The molecule has 0 atom stereocenters. The SMILES string of the molecule is CCOC(=O)C=C(C)Nc1ccccc1Cl. The number of hydrogen-bond donors (Lipinski definition) is 1. The van der Waals surface area contributed by atoms with Gasteiger partial charge in [-0.25, -0.2) is 4.79 Å². The zero-order chi connectivity index (χ0) is 12.0. The van der Waals surface area contributed by atoms with E-state index in [2.05, 4.69) is 5.32 Å². The van der Waals surface area contributed by atoms with E-state index in [4.69, 9.17) is 16.3 Å². The minimum atomic E-state index is -0.362. The van der Waals surface area contributed by atoms with Gasteiger partial charge in [0.05, 0.1) is 17.3 Å². The number of rotatable bonds is 4. The van der Waals surface area contributed by atoms with Crippen LogP contribution in [0.25, 0.3) is 0 Å². The van der Waals surface area contributed by atoms with Gasteiger partial charge in [0.15, 0.2) is 0 Å². The highest BCUT2D eigenvalue weighted by atomic mass is 35.5. The summed E-state index contributed by atoms with van der Waals surface area (Å²) in [5, 5.41) is 3.64. The van der Waals surface area contributed by atoms with Gasteiger partial charge in [-0.15, -0.1) is 0 Å². The van der Waals surface area contributed by atoms with E-state index in [1.165, 1.54) is 6.08 Å². The lowest BCUT2D eigenvalue weighted by molar-refractivity contribution is -0.137. The maximum atomic E-state index is 11.2. The largest absolute Gasteiger partial charge is 0.463 e. The number of benzene rings is 1. The highest BCUT2D eigenvalue weighted by Gasteiger charge is 2.01. The van der Waals surface area contributed by atoms with Crippen LogP contribution in [-0.2, 0) is 9.53 Å². The highest BCUT2D eigenvalue weighted by Crippen LogP contribution is 2.21. The average Bonchev–Trinajstić information content (AvgIpc) is 2.21. The Morgan fingerprint density at radius 2 is 2.19 bits per heavy atom. The number of carbonyl (C=O) groups excluding carboxylic acids is 1.